The Kier molecular flexibility index (Phi) is 5.27. The first-order valence-corrected chi connectivity index (χ1v) is 8.12. The number of anilines is 1. The summed E-state index contributed by atoms with van der Waals surface area (Å²) in [5, 5.41) is 12.6. The molecule has 0 fully saturated rings. The minimum absolute atomic E-state index is 0.271. The van der Waals surface area contributed by atoms with Crippen molar-refractivity contribution in [1.29, 1.82) is 0 Å². The van der Waals surface area contributed by atoms with E-state index < -0.39 is 5.97 Å². The largest absolute Gasteiger partial charge is 0.478 e. The summed E-state index contributed by atoms with van der Waals surface area (Å²) >= 11 is 0. The fraction of sp³-hybridized carbons (Fsp3) is 0.0455. The fourth-order valence-electron chi connectivity index (χ4n) is 2.62. The van der Waals surface area contributed by atoms with Crippen molar-refractivity contribution in [1.82, 2.24) is 0 Å². The summed E-state index contributed by atoms with van der Waals surface area (Å²) in [6.07, 6.45) is 3.99. The molecule has 0 saturated carbocycles. The Balaban J connectivity index is 1.78. The van der Waals surface area contributed by atoms with E-state index in [0.717, 1.165) is 16.7 Å². The van der Waals surface area contributed by atoms with E-state index in [1.807, 2.05) is 84.9 Å². The van der Waals surface area contributed by atoms with Crippen LogP contribution in [0, 0.1) is 0 Å². The van der Waals surface area contributed by atoms with Crippen molar-refractivity contribution in [3.8, 4) is 11.1 Å². The monoisotopic (exact) mass is 329 g/mol. The third-order valence-electron chi connectivity index (χ3n) is 3.88. The van der Waals surface area contributed by atoms with Crippen molar-refractivity contribution >= 4 is 17.7 Å². The zero-order valence-electron chi connectivity index (χ0n) is 13.7. The van der Waals surface area contributed by atoms with Crippen molar-refractivity contribution < 1.29 is 9.90 Å². The third-order valence-corrected chi connectivity index (χ3v) is 3.88. The molecule has 124 valence electrons. The molecule has 0 bridgehead atoms. The standard InChI is InChI=1S/C22H19NO2/c24-22(25)20-14-13-19(18-11-5-2-6-12-18)16-21(20)23-15-7-10-17-8-3-1-4-9-17/h1-14,16,23H,15H2,(H,24,25)/b10-7+. The molecule has 0 saturated heterocycles. The molecule has 0 aliphatic carbocycles. The molecular formula is C22H19NO2. The Morgan fingerprint density at radius 2 is 1.56 bits per heavy atom. The average Bonchev–Trinajstić information content (AvgIpc) is 2.66. The lowest BCUT2D eigenvalue weighted by atomic mass is 10.0. The zero-order chi connectivity index (χ0) is 17.5. The molecule has 0 atom stereocenters. The molecule has 0 spiro atoms. The second-order valence-corrected chi connectivity index (χ2v) is 5.63. The van der Waals surface area contributed by atoms with Crippen molar-refractivity contribution in [2.24, 2.45) is 0 Å². The molecule has 3 nitrogen and oxygen atoms in total. The summed E-state index contributed by atoms with van der Waals surface area (Å²) in [6, 6.07) is 25.3. The van der Waals surface area contributed by atoms with Gasteiger partial charge in [-0.3, -0.25) is 0 Å². The van der Waals surface area contributed by atoms with Crippen LogP contribution in [0.2, 0.25) is 0 Å². The third kappa shape index (κ3) is 4.36. The Hall–Kier alpha value is -3.33. The highest BCUT2D eigenvalue weighted by molar-refractivity contribution is 5.95. The molecule has 0 aromatic heterocycles. The molecule has 3 rings (SSSR count). The Morgan fingerprint density at radius 1 is 0.880 bits per heavy atom. The molecule has 2 N–H and O–H groups in total. The van der Waals surface area contributed by atoms with Gasteiger partial charge in [0.2, 0.25) is 0 Å². The molecule has 0 radical (unpaired) electrons. The minimum Gasteiger partial charge on any atom is -0.478 e. The van der Waals surface area contributed by atoms with E-state index in [1.165, 1.54) is 0 Å². The van der Waals surface area contributed by atoms with E-state index in [4.69, 9.17) is 0 Å². The van der Waals surface area contributed by atoms with Crippen LogP contribution in [0.4, 0.5) is 5.69 Å². The fourth-order valence-corrected chi connectivity index (χ4v) is 2.62. The molecule has 3 heteroatoms. The summed E-state index contributed by atoms with van der Waals surface area (Å²) < 4.78 is 0. The lowest BCUT2D eigenvalue weighted by Crippen LogP contribution is -2.06. The van der Waals surface area contributed by atoms with E-state index in [9.17, 15) is 9.90 Å². The molecule has 3 aromatic rings. The van der Waals surface area contributed by atoms with Gasteiger partial charge in [0, 0.05) is 12.2 Å². The van der Waals surface area contributed by atoms with Gasteiger partial charge in [0.05, 0.1) is 5.56 Å². The van der Waals surface area contributed by atoms with Crippen LogP contribution in [0.5, 0.6) is 0 Å². The van der Waals surface area contributed by atoms with Crippen molar-refractivity contribution in [2.75, 3.05) is 11.9 Å². The van der Waals surface area contributed by atoms with Gasteiger partial charge in [0.1, 0.15) is 0 Å². The maximum Gasteiger partial charge on any atom is 0.337 e. The highest BCUT2D eigenvalue weighted by Crippen LogP contribution is 2.25. The lowest BCUT2D eigenvalue weighted by molar-refractivity contribution is 0.0698. The van der Waals surface area contributed by atoms with Crippen LogP contribution >= 0.6 is 0 Å². The number of carboxylic acid groups (broad SMARTS) is 1. The topological polar surface area (TPSA) is 49.3 Å². The molecule has 25 heavy (non-hydrogen) atoms. The van der Waals surface area contributed by atoms with Crippen LogP contribution in [-0.4, -0.2) is 17.6 Å². The van der Waals surface area contributed by atoms with E-state index >= 15 is 0 Å². The van der Waals surface area contributed by atoms with Gasteiger partial charge in [-0.1, -0.05) is 78.9 Å². The molecule has 0 aliphatic rings. The van der Waals surface area contributed by atoms with E-state index in [1.54, 1.807) is 6.07 Å². The molecule has 0 aliphatic heterocycles. The average molecular weight is 329 g/mol. The van der Waals surface area contributed by atoms with Gasteiger partial charge in [-0.15, -0.1) is 0 Å². The van der Waals surface area contributed by atoms with E-state index in [2.05, 4.69) is 5.32 Å². The molecule has 0 unspecified atom stereocenters. The number of aromatic carboxylic acids is 1. The van der Waals surface area contributed by atoms with Crippen LogP contribution in [0.25, 0.3) is 17.2 Å². The van der Waals surface area contributed by atoms with Gasteiger partial charge in [-0.05, 0) is 28.8 Å². The predicted molar refractivity (Wildman–Crippen MR) is 103 cm³/mol. The van der Waals surface area contributed by atoms with Crippen molar-refractivity contribution in [3.05, 3.63) is 96.1 Å². The van der Waals surface area contributed by atoms with Crippen LogP contribution in [0.3, 0.4) is 0 Å². The Bertz CT molecular complexity index is 871. The SMILES string of the molecule is O=C(O)c1ccc(-c2ccccc2)cc1NC/C=C/c1ccccc1. The number of nitrogens with one attached hydrogen (secondary N) is 1. The summed E-state index contributed by atoms with van der Waals surface area (Å²) in [6.45, 7) is 0.549. The first-order valence-electron chi connectivity index (χ1n) is 8.12. The minimum atomic E-state index is -0.936. The van der Waals surface area contributed by atoms with Gasteiger partial charge in [-0.2, -0.15) is 0 Å². The summed E-state index contributed by atoms with van der Waals surface area (Å²) in [5.74, 6) is -0.936. The number of hydrogen-bond acceptors (Lipinski definition) is 2. The summed E-state index contributed by atoms with van der Waals surface area (Å²) in [4.78, 5) is 11.5. The summed E-state index contributed by atoms with van der Waals surface area (Å²) in [5.41, 5.74) is 4.04. The van der Waals surface area contributed by atoms with Gasteiger partial charge >= 0.3 is 5.97 Å². The number of benzene rings is 3. The smallest absolute Gasteiger partial charge is 0.337 e. The van der Waals surface area contributed by atoms with Crippen molar-refractivity contribution in [3.63, 3.8) is 0 Å². The maximum absolute atomic E-state index is 11.5. The number of carbonyl (C=O) groups is 1. The first kappa shape index (κ1) is 16.5. The second kappa shape index (κ2) is 7.97. The predicted octanol–water partition coefficient (Wildman–Crippen LogP) is 5.18. The van der Waals surface area contributed by atoms with Crippen LogP contribution in [-0.2, 0) is 0 Å². The maximum atomic E-state index is 11.5. The number of hydrogen-bond donors (Lipinski definition) is 2. The molecule has 0 amide bonds. The van der Waals surface area contributed by atoms with E-state index in [-0.39, 0.29) is 5.56 Å². The van der Waals surface area contributed by atoms with Crippen molar-refractivity contribution in [2.45, 2.75) is 0 Å². The van der Waals surface area contributed by atoms with Crippen LogP contribution in [0.15, 0.2) is 84.9 Å². The highest BCUT2D eigenvalue weighted by Gasteiger charge is 2.10. The normalized spacial score (nSPS) is 10.7. The molecule has 3 aromatic carbocycles. The van der Waals surface area contributed by atoms with Gasteiger partial charge in [-0.25, -0.2) is 4.79 Å². The summed E-state index contributed by atoms with van der Waals surface area (Å²) in [7, 11) is 0. The van der Waals surface area contributed by atoms with Crippen LogP contribution < -0.4 is 5.32 Å². The van der Waals surface area contributed by atoms with Crippen LogP contribution in [0.1, 0.15) is 15.9 Å². The van der Waals surface area contributed by atoms with Gasteiger partial charge in [0.15, 0.2) is 0 Å². The second-order valence-electron chi connectivity index (χ2n) is 5.63. The molecule has 0 heterocycles. The quantitative estimate of drug-likeness (QED) is 0.655. The lowest BCUT2D eigenvalue weighted by Gasteiger charge is -2.10. The zero-order valence-corrected chi connectivity index (χ0v) is 13.7. The Morgan fingerprint density at radius 3 is 2.24 bits per heavy atom. The highest BCUT2D eigenvalue weighted by atomic mass is 16.4. The number of carboxylic acids is 1. The number of rotatable bonds is 6. The van der Waals surface area contributed by atoms with Gasteiger partial charge in [0.25, 0.3) is 0 Å². The Labute approximate surface area is 147 Å². The van der Waals surface area contributed by atoms with E-state index in [0.29, 0.717) is 12.2 Å². The molecular weight excluding hydrogens is 310 g/mol. The first-order chi connectivity index (χ1) is 12.2. The van der Waals surface area contributed by atoms with Gasteiger partial charge < -0.3 is 10.4 Å².